The van der Waals surface area contributed by atoms with Crippen molar-refractivity contribution in [3.05, 3.63) is 35.5 Å². The zero-order valence-electron chi connectivity index (χ0n) is 25.0. The summed E-state index contributed by atoms with van der Waals surface area (Å²) in [5.74, 6) is 3.66. The number of hydrogen-bond acceptors (Lipinski definition) is 2. The van der Waals surface area contributed by atoms with Crippen molar-refractivity contribution in [3.8, 4) is 0 Å². The molecular formula is C35H54O2. The van der Waals surface area contributed by atoms with Gasteiger partial charge in [0.25, 0.3) is 0 Å². The lowest BCUT2D eigenvalue weighted by atomic mass is 9.38. The number of carbonyl (C=O) groups excluding carboxylic acids is 1. The molecule has 0 radical (unpaired) electrons. The predicted molar refractivity (Wildman–Crippen MR) is 154 cm³/mol. The average molecular weight is 507 g/mol. The van der Waals surface area contributed by atoms with Gasteiger partial charge >= 0.3 is 5.97 Å². The molecule has 5 aliphatic rings. The molecule has 0 saturated heterocycles. The Hall–Kier alpha value is -1.31. The van der Waals surface area contributed by atoms with E-state index < -0.39 is 0 Å². The van der Waals surface area contributed by atoms with E-state index in [1.165, 1.54) is 44.9 Å². The van der Waals surface area contributed by atoms with E-state index in [9.17, 15) is 4.79 Å². The van der Waals surface area contributed by atoms with Crippen molar-refractivity contribution in [1.82, 2.24) is 0 Å². The highest BCUT2D eigenvalue weighted by Gasteiger charge is 2.64. The van der Waals surface area contributed by atoms with Crippen molar-refractivity contribution in [2.75, 3.05) is 6.61 Å². The highest BCUT2D eigenvalue weighted by molar-refractivity contribution is 5.79. The van der Waals surface area contributed by atoms with Gasteiger partial charge < -0.3 is 4.74 Å². The molecule has 2 nitrogen and oxygen atoms in total. The van der Waals surface area contributed by atoms with E-state index in [4.69, 9.17) is 4.74 Å². The molecule has 206 valence electrons. The summed E-state index contributed by atoms with van der Waals surface area (Å²) in [6.45, 7) is 17.2. The number of rotatable bonds is 4. The molecule has 5 aliphatic carbocycles. The van der Waals surface area contributed by atoms with Crippen LogP contribution in [0.15, 0.2) is 35.5 Å². The zero-order chi connectivity index (χ0) is 26.6. The molecule has 4 fully saturated rings. The van der Waals surface area contributed by atoms with Gasteiger partial charge in [0, 0.05) is 0 Å². The summed E-state index contributed by atoms with van der Waals surface area (Å²) in [5.41, 5.74) is 3.59. The summed E-state index contributed by atoms with van der Waals surface area (Å²) in [6, 6.07) is 0. The van der Waals surface area contributed by atoms with E-state index in [0.717, 1.165) is 49.0 Å². The lowest BCUT2D eigenvalue weighted by Crippen LogP contribution is -2.59. The SMILES string of the molecule is C/C=C\C(=C/C)COC(=O)[C@@]12CCC3C(=CCC4[C@@]3(C)CCC3C(C)CCC[C@@]34C)[C@@H]1CC(C)(C)CC2. The Morgan fingerprint density at radius 2 is 1.76 bits per heavy atom. The van der Waals surface area contributed by atoms with Gasteiger partial charge in [0.15, 0.2) is 0 Å². The summed E-state index contributed by atoms with van der Waals surface area (Å²) >= 11 is 0. The standard InChI is InChI=1S/C35H54O2/c1-8-11-25(9-2)23-37-31(36)35-19-16-28-26(29(35)22-32(4,5)20-21-35)13-14-30-33(6)17-10-12-24(3)27(33)15-18-34(28,30)7/h8-9,11,13,24,27-30H,10,12,14-23H2,1-7H3/b11-8-,25-9+/t24?,27?,28?,29-,30?,33-,34-,35+/m0/s1. The van der Waals surface area contributed by atoms with Crippen LogP contribution < -0.4 is 0 Å². The second-order valence-electron chi connectivity index (χ2n) is 15.1. The molecule has 0 aromatic rings. The Labute approximate surface area is 227 Å². The van der Waals surface area contributed by atoms with Crippen LogP contribution in [0.1, 0.15) is 119 Å². The first kappa shape index (κ1) is 27.3. The summed E-state index contributed by atoms with van der Waals surface area (Å²) in [4.78, 5) is 14.0. The highest BCUT2D eigenvalue weighted by Crippen LogP contribution is 2.70. The zero-order valence-corrected chi connectivity index (χ0v) is 25.0. The van der Waals surface area contributed by atoms with Crippen molar-refractivity contribution in [1.29, 1.82) is 0 Å². The van der Waals surface area contributed by atoms with Crippen LogP contribution in [0, 0.1) is 51.2 Å². The number of hydrogen-bond donors (Lipinski definition) is 0. The second kappa shape index (κ2) is 9.71. The van der Waals surface area contributed by atoms with Crippen LogP contribution in [0.5, 0.6) is 0 Å². The van der Waals surface area contributed by atoms with E-state index in [0.29, 0.717) is 29.3 Å². The molecule has 0 N–H and O–H groups in total. The molecule has 0 spiro atoms. The lowest BCUT2D eigenvalue weighted by molar-refractivity contribution is -0.171. The first-order valence-electron chi connectivity index (χ1n) is 15.7. The molecule has 0 bridgehead atoms. The van der Waals surface area contributed by atoms with Crippen molar-refractivity contribution in [2.45, 2.75) is 119 Å². The smallest absolute Gasteiger partial charge is 0.313 e. The van der Waals surface area contributed by atoms with Gasteiger partial charge in [0.1, 0.15) is 6.61 Å². The molecule has 0 aliphatic heterocycles. The molecule has 0 aromatic carbocycles. The maximum atomic E-state index is 14.0. The lowest BCUT2D eigenvalue weighted by Gasteiger charge is -2.66. The second-order valence-corrected chi connectivity index (χ2v) is 15.1. The highest BCUT2D eigenvalue weighted by atomic mass is 16.5. The summed E-state index contributed by atoms with van der Waals surface area (Å²) < 4.78 is 6.14. The third-order valence-corrected chi connectivity index (χ3v) is 12.8. The summed E-state index contributed by atoms with van der Waals surface area (Å²) in [6.07, 6.45) is 22.6. The minimum Gasteiger partial charge on any atom is -0.460 e. The Morgan fingerprint density at radius 3 is 2.49 bits per heavy atom. The molecule has 4 saturated carbocycles. The minimum absolute atomic E-state index is 0.0836. The van der Waals surface area contributed by atoms with Gasteiger partial charge in [-0.05, 0) is 123 Å². The molecule has 37 heavy (non-hydrogen) atoms. The number of esters is 1. The van der Waals surface area contributed by atoms with Crippen LogP contribution in [-0.4, -0.2) is 12.6 Å². The first-order chi connectivity index (χ1) is 17.5. The van der Waals surface area contributed by atoms with Gasteiger partial charge in [0.2, 0.25) is 0 Å². The molecule has 0 amide bonds. The quantitative estimate of drug-likeness (QED) is 0.216. The topological polar surface area (TPSA) is 26.3 Å². The van der Waals surface area contributed by atoms with E-state index in [-0.39, 0.29) is 16.8 Å². The van der Waals surface area contributed by atoms with Gasteiger partial charge in [-0.2, -0.15) is 0 Å². The van der Waals surface area contributed by atoms with Gasteiger partial charge in [-0.25, -0.2) is 0 Å². The van der Waals surface area contributed by atoms with E-state index >= 15 is 0 Å². The van der Waals surface area contributed by atoms with E-state index in [1.807, 2.05) is 19.9 Å². The van der Waals surface area contributed by atoms with Crippen LogP contribution in [0.2, 0.25) is 0 Å². The third-order valence-electron chi connectivity index (χ3n) is 12.8. The largest absolute Gasteiger partial charge is 0.460 e. The Balaban J connectivity index is 1.47. The molecular weight excluding hydrogens is 452 g/mol. The maximum absolute atomic E-state index is 14.0. The Morgan fingerprint density at radius 1 is 0.973 bits per heavy atom. The van der Waals surface area contributed by atoms with Crippen LogP contribution in [0.4, 0.5) is 0 Å². The van der Waals surface area contributed by atoms with Crippen LogP contribution >= 0.6 is 0 Å². The fourth-order valence-corrected chi connectivity index (χ4v) is 10.7. The fraction of sp³-hybridized carbons (Fsp3) is 0.800. The van der Waals surface area contributed by atoms with Gasteiger partial charge in [-0.3, -0.25) is 4.79 Å². The van der Waals surface area contributed by atoms with Crippen molar-refractivity contribution >= 4 is 5.97 Å². The minimum atomic E-state index is -0.323. The van der Waals surface area contributed by atoms with Crippen molar-refractivity contribution in [2.24, 2.45) is 51.2 Å². The molecule has 4 unspecified atom stereocenters. The number of ether oxygens (including phenoxy) is 1. The number of allylic oxidation sites excluding steroid dienone is 4. The maximum Gasteiger partial charge on any atom is 0.313 e. The normalized spacial score (nSPS) is 45.2. The van der Waals surface area contributed by atoms with E-state index in [1.54, 1.807) is 5.57 Å². The Kier molecular flexibility index (Phi) is 7.15. The summed E-state index contributed by atoms with van der Waals surface area (Å²) in [5, 5.41) is 0. The van der Waals surface area contributed by atoms with Crippen LogP contribution in [0.3, 0.4) is 0 Å². The van der Waals surface area contributed by atoms with Gasteiger partial charge in [-0.1, -0.05) is 77.3 Å². The number of carbonyl (C=O) groups is 1. The molecule has 8 atom stereocenters. The van der Waals surface area contributed by atoms with Crippen LogP contribution in [-0.2, 0) is 9.53 Å². The monoisotopic (exact) mass is 506 g/mol. The van der Waals surface area contributed by atoms with E-state index in [2.05, 4.69) is 52.8 Å². The third kappa shape index (κ3) is 4.31. The molecule has 5 rings (SSSR count). The van der Waals surface area contributed by atoms with Crippen molar-refractivity contribution in [3.63, 3.8) is 0 Å². The van der Waals surface area contributed by atoms with Crippen LogP contribution in [0.25, 0.3) is 0 Å². The number of fused-ring (bicyclic) bond motifs is 7. The van der Waals surface area contributed by atoms with Gasteiger partial charge in [-0.15, -0.1) is 0 Å². The first-order valence-corrected chi connectivity index (χ1v) is 15.7. The van der Waals surface area contributed by atoms with Gasteiger partial charge in [0.05, 0.1) is 5.41 Å². The molecule has 0 aromatic heterocycles. The molecule has 2 heteroatoms. The Bertz CT molecular complexity index is 983. The van der Waals surface area contributed by atoms with Crippen molar-refractivity contribution < 1.29 is 9.53 Å². The molecule has 0 heterocycles. The summed E-state index contributed by atoms with van der Waals surface area (Å²) in [7, 11) is 0. The fourth-order valence-electron chi connectivity index (χ4n) is 10.7. The average Bonchev–Trinajstić information content (AvgIpc) is 2.85. The predicted octanol–water partition coefficient (Wildman–Crippen LogP) is 9.46.